The van der Waals surface area contributed by atoms with Crippen LogP contribution in [0.3, 0.4) is 0 Å². The Kier molecular flexibility index (Phi) is 5.51. The first-order chi connectivity index (χ1) is 5.07. The van der Waals surface area contributed by atoms with Gasteiger partial charge < -0.3 is 10.5 Å². The van der Waals surface area contributed by atoms with E-state index in [1.54, 1.807) is 7.11 Å². The summed E-state index contributed by atoms with van der Waals surface area (Å²) in [5.74, 6) is 1.28. The predicted octanol–water partition coefficient (Wildman–Crippen LogP) is 1.64. The lowest BCUT2D eigenvalue weighted by molar-refractivity contribution is 0.129. The highest BCUT2D eigenvalue weighted by atomic mass is 16.5. The van der Waals surface area contributed by atoms with Crippen molar-refractivity contribution in [3.8, 4) is 0 Å². The fourth-order valence-corrected chi connectivity index (χ4v) is 1.25. The summed E-state index contributed by atoms with van der Waals surface area (Å²) in [6.45, 7) is 7.33. The van der Waals surface area contributed by atoms with Crippen molar-refractivity contribution >= 4 is 0 Å². The molecule has 0 bridgehead atoms. The van der Waals surface area contributed by atoms with E-state index in [4.69, 9.17) is 10.5 Å². The summed E-state index contributed by atoms with van der Waals surface area (Å²) in [5, 5.41) is 0. The van der Waals surface area contributed by atoms with Crippen LogP contribution in [0.4, 0.5) is 0 Å². The molecule has 0 aromatic heterocycles. The first kappa shape index (κ1) is 10.9. The Balaban J connectivity index is 3.54. The number of methoxy groups -OCH3 is 1. The van der Waals surface area contributed by atoms with Crippen LogP contribution < -0.4 is 5.73 Å². The Labute approximate surface area is 70.1 Å². The molecule has 11 heavy (non-hydrogen) atoms. The Morgan fingerprint density at radius 1 is 1.18 bits per heavy atom. The van der Waals surface area contributed by atoms with Crippen LogP contribution in [0.25, 0.3) is 0 Å². The summed E-state index contributed by atoms with van der Waals surface area (Å²) < 4.78 is 5.07. The summed E-state index contributed by atoms with van der Waals surface area (Å²) in [5.41, 5.74) is 5.69. The average molecular weight is 159 g/mol. The molecule has 0 fully saturated rings. The van der Waals surface area contributed by atoms with Crippen LogP contribution in [0, 0.1) is 11.8 Å². The van der Waals surface area contributed by atoms with Gasteiger partial charge in [-0.05, 0) is 25.2 Å². The average Bonchev–Trinajstić information content (AvgIpc) is 1.86. The van der Waals surface area contributed by atoms with E-state index in [-0.39, 0.29) is 0 Å². The molecule has 0 amide bonds. The van der Waals surface area contributed by atoms with Crippen molar-refractivity contribution in [1.29, 1.82) is 0 Å². The first-order valence-corrected chi connectivity index (χ1v) is 4.32. The van der Waals surface area contributed by atoms with E-state index in [9.17, 15) is 0 Å². The van der Waals surface area contributed by atoms with E-state index in [1.165, 1.54) is 0 Å². The number of rotatable bonds is 5. The van der Waals surface area contributed by atoms with Gasteiger partial charge in [0, 0.05) is 19.8 Å². The minimum Gasteiger partial charge on any atom is -0.384 e. The van der Waals surface area contributed by atoms with Gasteiger partial charge in [-0.25, -0.2) is 0 Å². The topological polar surface area (TPSA) is 35.2 Å². The molecular formula is C9H21NO. The minimum absolute atomic E-state index is 0.310. The molecule has 0 saturated heterocycles. The Morgan fingerprint density at radius 2 is 1.73 bits per heavy atom. The van der Waals surface area contributed by atoms with Gasteiger partial charge >= 0.3 is 0 Å². The van der Waals surface area contributed by atoms with E-state index in [1.807, 2.05) is 0 Å². The Morgan fingerprint density at radius 3 is 2.09 bits per heavy atom. The SMILES string of the molecule is COCC(C)C(C)CC(C)N. The van der Waals surface area contributed by atoms with Gasteiger partial charge in [0.2, 0.25) is 0 Å². The van der Waals surface area contributed by atoms with Crippen LogP contribution in [-0.2, 0) is 4.74 Å². The standard InChI is InChI=1S/C9H21NO/c1-7(5-9(3)10)8(2)6-11-4/h7-9H,5-6,10H2,1-4H3. The zero-order chi connectivity index (χ0) is 8.85. The summed E-state index contributed by atoms with van der Waals surface area (Å²) in [4.78, 5) is 0. The molecule has 0 spiro atoms. The van der Waals surface area contributed by atoms with Crippen LogP contribution in [0.5, 0.6) is 0 Å². The monoisotopic (exact) mass is 159 g/mol. The molecule has 2 nitrogen and oxygen atoms in total. The van der Waals surface area contributed by atoms with Gasteiger partial charge in [-0.2, -0.15) is 0 Å². The molecule has 0 rings (SSSR count). The second-order valence-corrected chi connectivity index (χ2v) is 3.62. The minimum atomic E-state index is 0.310. The van der Waals surface area contributed by atoms with Gasteiger partial charge in [0.25, 0.3) is 0 Å². The van der Waals surface area contributed by atoms with E-state index in [0.29, 0.717) is 17.9 Å². The van der Waals surface area contributed by atoms with E-state index < -0.39 is 0 Å². The maximum atomic E-state index is 5.69. The third kappa shape index (κ3) is 5.22. The van der Waals surface area contributed by atoms with Crippen LogP contribution in [0.2, 0.25) is 0 Å². The third-order valence-corrected chi connectivity index (χ3v) is 2.14. The van der Waals surface area contributed by atoms with Crippen LogP contribution in [-0.4, -0.2) is 19.8 Å². The highest BCUT2D eigenvalue weighted by Gasteiger charge is 2.12. The third-order valence-electron chi connectivity index (χ3n) is 2.14. The number of nitrogens with two attached hydrogens (primary N) is 1. The van der Waals surface area contributed by atoms with Gasteiger partial charge in [-0.15, -0.1) is 0 Å². The lowest BCUT2D eigenvalue weighted by Crippen LogP contribution is -2.23. The molecule has 0 aromatic rings. The summed E-state index contributed by atoms with van der Waals surface area (Å²) >= 11 is 0. The van der Waals surface area contributed by atoms with E-state index >= 15 is 0 Å². The summed E-state index contributed by atoms with van der Waals surface area (Å²) in [6, 6.07) is 0.310. The molecule has 0 aromatic carbocycles. The van der Waals surface area contributed by atoms with Crippen molar-refractivity contribution in [2.45, 2.75) is 33.2 Å². The predicted molar refractivity (Wildman–Crippen MR) is 48.5 cm³/mol. The summed E-state index contributed by atoms with van der Waals surface area (Å²) in [7, 11) is 1.75. The first-order valence-electron chi connectivity index (χ1n) is 4.32. The van der Waals surface area contributed by atoms with Gasteiger partial charge in [-0.1, -0.05) is 13.8 Å². The summed E-state index contributed by atoms with van der Waals surface area (Å²) in [6.07, 6.45) is 1.09. The molecule has 3 atom stereocenters. The van der Waals surface area contributed by atoms with Gasteiger partial charge in [0.05, 0.1) is 0 Å². The van der Waals surface area contributed by atoms with Crippen LogP contribution >= 0.6 is 0 Å². The number of hydrogen-bond acceptors (Lipinski definition) is 2. The van der Waals surface area contributed by atoms with Crippen molar-refractivity contribution in [3.63, 3.8) is 0 Å². The zero-order valence-electron chi connectivity index (χ0n) is 8.13. The number of ether oxygens (including phenoxy) is 1. The molecule has 0 saturated carbocycles. The van der Waals surface area contributed by atoms with Crippen LogP contribution in [0.1, 0.15) is 27.2 Å². The smallest absolute Gasteiger partial charge is 0.0490 e. The van der Waals surface area contributed by atoms with Crippen molar-refractivity contribution in [3.05, 3.63) is 0 Å². The van der Waals surface area contributed by atoms with Crippen molar-refractivity contribution < 1.29 is 4.74 Å². The molecule has 3 unspecified atom stereocenters. The molecular weight excluding hydrogens is 138 g/mol. The molecule has 68 valence electrons. The maximum Gasteiger partial charge on any atom is 0.0490 e. The molecule has 0 radical (unpaired) electrons. The lowest BCUT2D eigenvalue weighted by atomic mass is 9.91. The molecule has 2 N–H and O–H groups in total. The Bertz CT molecular complexity index is 93.6. The Hall–Kier alpha value is -0.0800. The quantitative estimate of drug-likeness (QED) is 0.662. The van der Waals surface area contributed by atoms with Crippen LogP contribution in [0.15, 0.2) is 0 Å². The largest absolute Gasteiger partial charge is 0.384 e. The van der Waals surface area contributed by atoms with Crippen molar-refractivity contribution in [2.24, 2.45) is 17.6 Å². The van der Waals surface area contributed by atoms with E-state index in [0.717, 1.165) is 13.0 Å². The van der Waals surface area contributed by atoms with Crippen molar-refractivity contribution in [1.82, 2.24) is 0 Å². The fourth-order valence-electron chi connectivity index (χ4n) is 1.25. The second-order valence-electron chi connectivity index (χ2n) is 3.62. The van der Waals surface area contributed by atoms with Gasteiger partial charge in [0.1, 0.15) is 0 Å². The maximum absolute atomic E-state index is 5.69. The highest BCUT2D eigenvalue weighted by Crippen LogP contribution is 2.15. The molecule has 0 aliphatic carbocycles. The lowest BCUT2D eigenvalue weighted by Gasteiger charge is -2.20. The number of hydrogen-bond donors (Lipinski definition) is 1. The molecule has 0 aliphatic heterocycles. The van der Waals surface area contributed by atoms with Gasteiger partial charge in [-0.3, -0.25) is 0 Å². The molecule has 0 aliphatic rings. The second kappa shape index (κ2) is 5.56. The zero-order valence-corrected chi connectivity index (χ0v) is 8.13. The van der Waals surface area contributed by atoms with Crippen molar-refractivity contribution in [2.75, 3.05) is 13.7 Å². The van der Waals surface area contributed by atoms with Gasteiger partial charge in [0.15, 0.2) is 0 Å². The van der Waals surface area contributed by atoms with E-state index in [2.05, 4.69) is 20.8 Å². The highest BCUT2D eigenvalue weighted by molar-refractivity contribution is 4.65. The fraction of sp³-hybridized carbons (Fsp3) is 1.00. The molecule has 0 heterocycles. The normalized spacial score (nSPS) is 19.4. The molecule has 2 heteroatoms.